The largest absolute Gasteiger partial charge is 0.464 e. The highest BCUT2D eigenvalue weighted by atomic mass is 32.2. The van der Waals surface area contributed by atoms with E-state index in [1.54, 1.807) is 43.3 Å². The summed E-state index contributed by atoms with van der Waals surface area (Å²) in [6.07, 6.45) is 0.326. The first-order chi connectivity index (χ1) is 13.3. The van der Waals surface area contributed by atoms with E-state index in [0.717, 1.165) is 0 Å². The van der Waals surface area contributed by atoms with E-state index in [2.05, 4.69) is 0 Å². The molecule has 1 atom stereocenters. The Labute approximate surface area is 161 Å². The number of hydrogen-bond donors (Lipinski definition) is 0. The Morgan fingerprint density at radius 1 is 1.18 bits per heavy atom. The maximum atomic E-state index is 13.2. The molecule has 2 aromatic heterocycles. The van der Waals surface area contributed by atoms with Crippen molar-refractivity contribution in [3.63, 3.8) is 0 Å². The fourth-order valence-electron chi connectivity index (χ4n) is 3.49. The first-order valence-corrected chi connectivity index (χ1v) is 10.7. The van der Waals surface area contributed by atoms with Gasteiger partial charge < -0.3 is 13.7 Å². The number of nitrogens with zero attached hydrogens (tertiary/aromatic N) is 1. The minimum Gasteiger partial charge on any atom is -0.464 e. The summed E-state index contributed by atoms with van der Waals surface area (Å²) in [6.45, 7) is 1.87. The second-order valence-corrected chi connectivity index (χ2v) is 9.22. The van der Waals surface area contributed by atoms with Crippen molar-refractivity contribution in [3.8, 4) is 0 Å². The van der Waals surface area contributed by atoms with Crippen LogP contribution in [0.4, 0.5) is 0 Å². The lowest BCUT2D eigenvalue weighted by Crippen LogP contribution is -2.42. The van der Waals surface area contributed by atoms with E-state index in [1.165, 1.54) is 11.0 Å². The van der Waals surface area contributed by atoms with E-state index in [9.17, 15) is 18.0 Å². The van der Waals surface area contributed by atoms with E-state index >= 15 is 0 Å². The standard InChI is InChI=1S/C20H19NO6S/c1-13-6-7-16(26-13)11-21(15-8-9-28(24,25)12-15)19(22)17-10-14-4-2-3-5-18(14)27-20(17)23/h2-7,10,15H,8-9,11-12H2,1H3/t15-/m1/s1. The zero-order valence-electron chi connectivity index (χ0n) is 15.3. The number of furan rings is 1. The molecule has 8 heteroatoms. The fraction of sp³-hybridized carbons (Fsp3) is 0.300. The average Bonchev–Trinajstić information content (AvgIpc) is 3.23. The van der Waals surface area contributed by atoms with Gasteiger partial charge in [0.2, 0.25) is 0 Å². The molecule has 0 saturated carbocycles. The van der Waals surface area contributed by atoms with Gasteiger partial charge in [0.1, 0.15) is 22.7 Å². The maximum absolute atomic E-state index is 13.2. The summed E-state index contributed by atoms with van der Waals surface area (Å²) in [5.41, 5.74) is -0.475. The van der Waals surface area contributed by atoms with Crippen LogP contribution >= 0.6 is 0 Å². The summed E-state index contributed by atoms with van der Waals surface area (Å²) in [6, 6.07) is 11.4. The van der Waals surface area contributed by atoms with Gasteiger partial charge in [-0.3, -0.25) is 4.79 Å². The van der Waals surface area contributed by atoms with Crippen LogP contribution in [0.15, 0.2) is 56.1 Å². The minimum absolute atomic E-state index is 0.0188. The number of carbonyl (C=O) groups excluding carboxylic acids is 1. The molecule has 0 unspecified atom stereocenters. The van der Waals surface area contributed by atoms with Crippen LogP contribution in [0.1, 0.15) is 28.3 Å². The Kier molecular flexibility index (Phi) is 4.58. The maximum Gasteiger partial charge on any atom is 0.349 e. The highest BCUT2D eigenvalue weighted by Crippen LogP contribution is 2.23. The van der Waals surface area contributed by atoms with Crippen molar-refractivity contribution in [1.29, 1.82) is 0 Å². The number of para-hydroxylation sites is 1. The van der Waals surface area contributed by atoms with Gasteiger partial charge in [-0.15, -0.1) is 0 Å². The molecule has 0 N–H and O–H groups in total. The summed E-state index contributed by atoms with van der Waals surface area (Å²) in [4.78, 5) is 27.1. The number of benzene rings is 1. The first kappa shape index (κ1) is 18.5. The molecule has 0 aliphatic carbocycles. The molecule has 1 aliphatic heterocycles. The molecule has 1 amide bonds. The van der Waals surface area contributed by atoms with Crippen LogP contribution in [-0.2, 0) is 16.4 Å². The quantitative estimate of drug-likeness (QED) is 0.623. The van der Waals surface area contributed by atoms with Crippen molar-refractivity contribution in [2.24, 2.45) is 0 Å². The van der Waals surface area contributed by atoms with Crippen molar-refractivity contribution in [2.75, 3.05) is 11.5 Å². The third kappa shape index (κ3) is 3.60. The molecule has 0 radical (unpaired) electrons. The lowest BCUT2D eigenvalue weighted by atomic mass is 10.1. The van der Waals surface area contributed by atoms with Gasteiger partial charge in [-0.1, -0.05) is 18.2 Å². The smallest absolute Gasteiger partial charge is 0.349 e. The monoisotopic (exact) mass is 401 g/mol. The zero-order chi connectivity index (χ0) is 19.9. The van der Waals surface area contributed by atoms with Gasteiger partial charge in [-0.05, 0) is 37.6 Å². The molecule has 1 saturated heterocycles. The Morgan fingerprint density at radius 2 is 1.96 bits per heavy atom. The normalized spacial score (nSPS) is 18.4. The average molecular weight is 401 g/mol. The van der Waals surface area contributed by atoms with Crippen molar-refractivity contribution in [1.82, 2.24) is 4.90 Å². The van der Waals surface area contributed by atoms with Gasteiger partial charge in [-0.2, -0.15) is 0 Å². The van der Waals surface area contributed by atoms with E-state index in [4.69, 9.17) is 8.83 Å². The molecule has 0 spiro atoms. The van der Waals surface area contributed by atoms with E-state index in [0.29, 0.717) is 28.9 Å². The summed E-state index contributed by atoms with van der Waals surface area (Å²) in [5, 5.41) is 0.623. The minimum atomic E-state index is -3.21. The number of amides is 1. The molecular formula is C20H19NO6S. The van der Waals surface area contributed by atoms with E-state index < -0.39 is 27.4 Å². The highest BCUT2D eigenvalue weighted by Gasteiger charge is 2.36. The lowest BCUT2D eigenvalue weighted by molar-refractivity contribution is 0.0661. The SMILES string of the molecule is Cc1ccc(CN(C(=O)c2cc3ccccc3oc2=O)[C@@H]2CCS(=O)(=O)C2)o1. The van der Waals surface area contributed by atoms with Crippen LogP contribution < -0.4 is 5.63 Å². The second-order valence-electron chi connectivity index (χ2n) is 6.99. The Bertz CT molecular complexity index is 1210. The number of rotatable bonds is 4. The van der Waals surface area contributed by atoms with Crippen LogP contribution in [0.5, 0.6) is 0 Å². The van der Waals surface area contributed by atoms with Gasteiger partial charge in [0.05, 0.1) is 18.1 Å². The van der Waals surface area contributed by atoms with Crippen molar-refractivity contribution >= 4 is 26.7 Å². The molecule has 7 nitrogen and oxygen atoms in total. The number of carbonyl (C=O) groups is 1. The van der Waals surface area contributed by atoms with Gasteiger partial charge >= 0.3 is 5.63 Å². The number of sulfone groups is 1. The molecule has 1 fully saturated rings. The summed E-state index contributed by atoms with van der Waals surface area (Å²) in [7, 11) is -3.21. The molecule has 1 aromatic carbocycles. The van der Waals surface area contributed by atoms with Crippen LogP contribution in [-0.4, -0.2) is 36.8 Å². The van der Waals surface area contributed by atoms with Gasteiger partial charge in [0.15, 0.2) is 9.84 Å². The van der Waals surface area contributed by atoms with Crippen LogP contribution in [0, 0.1) is 6.92 Å². The van der Waals surface area contributed by atoms with E-state index in [-0.39, 0.29) is 23.6 Å². The zero-order valence-corrected chi connectivity index (χ0v) is 16.1. The molecule has 1 aliphatic rings. The van der Waals surface area contributed by atoms with Gasteiger partial charge in [-0.25, -0.2) is 13.2 Å². The fourth-order valence-corrected chi connectivity index (χ4v) is 5.22. The summed E-state index contributed by atoms with van der Waals surface area (Å²) >= 11 is 0. The Morgan fingerprint density at radius 3 is 2.64 bits per heavy atom. The third-order valence-electron chi connectivity index (χ3n) is 4.90. The van der Waals surface area contributed by atoms with Crippen LogP contribution in [0.25, 0.3) is 11.0 Å². The Balaban J connectivity index is 1.74. The number of aryl methyl sites for hydroxylation is 1. The molecule has 3 heterocycles. The van der Waals surface area contributed by atoms with Crippen molar-refractivity contribution in [3.05, 3.63) is 70.0 Å². The molecular weight excluding hydrogens is 382 g/mol. The predicted octanol–water partition coefficient (Wildman–Crippen LogP) is 2.52. The predicted molar refractivity (Wildman–Crippen MR) is 103 cm³/mol. The van der Waals surface area contributed by atoms with Gasteiger partial charge in [0, 0.05) is 11.4 Å². The second kappa shape index (κ2) is 6.94. The molecule has 0 bridgehead atoms. The Hall–Kier alpha value is -2.87. The molecule has 4 rings (SSSR count). The van der Waals surface area contributed by atoms with Crippen molar-refractivity contribution < 1.29 is 22.0 Å². The first-order valence-electron chi connectivity index (χ1n) is 8.92. The molecule has 28 heavy (non-hydrogen) atoms. The summed E-state index contributed by atoms with van der Waals surface area (Å²) in [5.74, 6) is 0.546. The van der Waals surface area contributed by atoms with Crippen LogP contribution in [0.3, 0.4) is 0 Å². The van der Waals surface area contributed by atoms with Crippen molar-refractivity contribution in [2.45, 2.75) is 25.9 Å². The van der Waals surface area contributed by atoms with Crippen LogP contribution in [0.2, 0.25) is 0 Å². The number of fused-ring (bicyclic) bond motifs is 1. The lowest BCUT2D eigenvalue weighted by Gasteiger charge is -2.27. The topological polar surface area (TPSA) is 97.8 Å². The summed E-state index contributed by atoms with van der Waals surface area (Å²) < 4.78 is 34.8. The van der Waals surface area contributed by atoms with E-state index in [1.807, 2.05) is 0 Å². The third-order valence-corrected chi connectivity index (χ3v) is 6.65. The molecule has 3 aromatic rings. The highest BCUT2D eigenvalue weighted by molar-refractivity contribution is 7.91. The molecule has 146 valence electrons. The van der Waals surface area contributed by atoms with Gasteiger partial charge in [0.25, 0.3) is 5.91 Å². The number of hydrogen-bond acceptors (Lipinski definition) is 6.